The molecule has 1 amide bonds. The van der Waals surface area contributed by atoms with Crippen LogP contribution >= 0.6 is 0 Å². The van der Waals surface area contributed by atoms with E-state index in [9.17, 15) is 9.59 Å². The van der Waals surface area contributed by atoms with Crippen molar-refractivity contribution in [1.82, 2.24) is 9.88 Å². The molecule has 0 saturated carbocycles. The second kappa shape index (κ2) is 5.49. The van der Waals surface area contributed by atoms with Gasteiger partial charge in [0.25, 0.3) is 0 Å². The van der Waals surface area contributed by atoms with E-state index in [-0.39, 0.29) is 18.0 Å². The van der Waals surface area contributed by atoms with Crippen LogP contribution < -0.4 is 5.32 Å². The van der Waals surface area contributed by atoms with Gasteiger partial charge in [-0.3, -0.25) is 9.59 Å². The molecule has 0 atom stereocenters. The van der Waals surface area contributed by atoms with Crippen LogP contribution in [-0.4, -0.2) is 22.3 Å². The number of amides is 1. The van der Waals surface area contributed by atoms with Gasteiger partial charge < -0.3 is 9.88 Å². The number of aromatic nitrogens is 1. The van der Waals surface area contributed by atoms with E-state index in [4.69, 9.17) is 0 Å². The summed E-state index contributed by atoms with van der Waals surface area (Å²) in [6.07, 6.45) is 3.58. The zero-order chi connectivity index (χ0) is 14.8. The molecule has 0 aliphatic rings. The molecule has 0 radical (unpaired) electrons. The third-order valence-electron chi connectivity index (χ3n) is 3.61. The molecular weight excluding hydrogens is 252 g/mol. The lowest BCUT2D eigenvalue weighted by Crippen LogP contribution is -2.44. The van der Waals surface area contributed by atoms with Gasteiger partial charge in [0, 0.05) is 28.2 Å². The van der Waals surface area contributed by atoms with Crippen molar-refractivity contribution in [3.8, 4) is 0 Å². The molecule has 0 fully saturated rings. The number of rotatable bonds is 5. The molecule has 2 rings (SSSR count). The molecule has 0 spiro atoms. The van der Waals surface area contributed by atoms with Crippen LogP contribution in [0, 0.1) is 0 Å². The molecule has 0 aliphatic carbocycles. The number of nitrogens with zero attached hydrogens (tertiary/aromatic N) is 1. The minimum absolute atomic E-state index is 0.00573. The Kier molecular flexibility index (Phi) is 3.93. The Morgan fingerprint density at radius 1 is 1.35 bits per heavy atom. The first-order valence-corrected chi connectivity index (χ1v) is 6.80. The van der Waals surface area contributed by atoms with Gasteiger partial charge in [0.05, 0.1) is 0 Å². The number of carbonyl (C=O) groups excluding carboxylic acids is 2. The Hall–Kier alpha value is -2.10. The standard InChI is InChI=1S/C16H20N2O2/c1-4-16(2,3)17-15(20)10-18-8-7-13-9-12(11-19)5-6-14(13)18/h5-9,11H,4,10H2,1-3H3,(H,17,20). The van der Waals surface area contributed by atoms with Crippen molar-refractivity contribution in [3.63, 3.8) is 0 Å². The number of hydrogen-bond donors (Lipinski definition) is 1. The molecule has 0 aliphatic heterocycles. The quantitative estimate of drug-likeness (QED) is 0.851. The minimum Gasteiger partial charge on any atom is -0.350 e. The van der Waals surface area contributed by atoms with Crippen LogP contribution in [0.5, 0.6) is 0 Å². The van der Waals surface area contributed by atoms with Crippen molar-refractivity contribution in [2.75, 3.05) is 0 Å². The fourth-order valence-corrected chi connectivity index (χ4v) is 2.09. The van der Waals surface area contributed by atoms with E-state index in [0.717, 1.165) is 23.6 Å². The molecule has 4 heteroatoms. The molecule has 2 aromatic rings. The maximum absolute atomic E-state index is 12.1. The zero-order valence-electron chi connectivity index (χ0n) is 12.1. The Bertz CT molecular complexity index is 641. The van der Waals surface area contributed by atoms with E-state index in [2.05, 4.69) is 5.32 Å². The summed E-state index contributed by atoms with van der Waals surface area (Å²) in [6.45, 7) is 6.35. The predicted octanol–water partition coefficient (Wildman–Crippen LogP) is 2.76. The monoisotopic (exact) mass is 272 g/mol. The van der Waals surface area contributed by atoms with Gasteiger partial charge in [-0.1, -0.05) is 6.92 Å². The van der Waals surface area contributed by atoms with Crippen molar-refractivity contribution in [3.05, 3.63) is 36.0 Å². The fourth-order valence-electron chi connectivity index (χ4n) is 2.09. The van der Waals surface area contributed by atoms with Gasteiger partial charge in [0.1, 0.15) is 12.8 Å². The molecular formula is C16H20N2O2. The largest absolute Gasteiger partial charge is 0.350 e. The number of carbonyl (C=O) groups is 2. The summed E-state index contributed by atoms with van der Waals surface area (Å²) >= 11 is 0. The Balaban J connectivity index is 2.18. The van der Waals surface area contributed by atoms with Crippen LogP contribution in [0.1, 0.15) is 37.6 Å². The summed E-state index contributed by atoms with van der Waals surface area (Å²) in [4.78, 5) is 22.8. The second-order valence-corrected chi connectivity index (χ2v) is 5.67. The molecule has 1 aromatic heterocycles. The van der Waals surface area contributed by atoms with E-state index in [0.29, 0.717) is 5.56 Å². The van der Waals surface area contributed by atoms with Gasteiger partial charge in [0.15, 0.2) is 0 Å². The van der Waals surface area contributed by atoms with Gasteiger partial charge in [-0.25, -0.2) is 0 Å². The number of nitrogens with one attached hydrogen (secondary N) is 1. The summed E-state index contributed by atoms with van der Waals surface area (Å²) in [5.41, 5.74) is 1.41. The number of hydrogen-bond acceptors (Lipinski definition) is 2. The fraction of sp³-hybridized carbons (Fsp3) is 0.375. The van der Waals surface area contributed by atoms with Gasteiger partial charge in [-0.2, -0.15) is 0 Å². The van der Waals surface area contributed by atoms with Gasteiger partial charge in [-0.05, 0) is 44.5 Å². The van der Waals surface area contributed by atoms with Crippen LogP contribution in [0.3, 0.4) is 0 Å². The summed E-state index contributed by atoms with van der Waals surface area (Å²) < 4.78 is 1.89. The molecule has 0 bridgehead atoms. The van der Waals surface area contributed by atoms with Crippen molar-refractivity contribution < 1.29 is 9.59 Å². The number of fused-ring (bicyclic) bond motifs is 1. The summed E-state index contributed by atoms with van der Waals surface area (Å²) in [5.74, 6) is -0.00573. The SMILES string of the molecule is CCC(C)(C)NC(=O)Cn1ccc2cc(C=O)ccc21. The highest BCUT2D eigenvalue weighted by Gasteiger charge is 2.18. The van der Waals surface area contributed by atoms with Crippen molar-refractivity contribution in [2.24, 2.45) is 0 Å². The van der Waals surface area contributed by atoms with Gasteiger partial charge >= 0.3 is 0 Å². The molecule has 4 nitrogen and oxygen atoms in total. The van der Waals surface area contributed by atoms with E-state index in [1.54, 1.807) is 6.07 Å². The van der Waals surface area contributed by atoms with E-state index in [1.807, 2.05) is 49.7 Å². The Morgan fingerprint density at radius 3 is 2.75 bits per heavy atom. The topological polar surface area (TPSA) is 51.1 Å². The number of benzene rings is 1. The minimum atomic E-state index is -0.190. The molecule has 0 saturated heterocycles. The van der Waals surface area contributed by atoms with E-state index < -0.39 is 0 Å². The molecule has 1 N–H and O–H groups in total. The lowest BCUT2D eigenvalue weighted by molar-refractivity contribution is -0.123. The predicted molar refractivity (Wildman–Crippen MR) is 79.8 cm³/mol. The normalized spacial score (nSPS) is 11.6. The number of aldehydes is 1. The summed E-state index contributed by atoms with van der Waals surface area (Å²) in [6, 6.07) is 7.38. The third-order valence-corrected chi connectivity index (χ3v) is 3.61. The van der Waals surface area contributed by atoms with Gasteiger partial charge in [-0.15, -0.1) is 0 Å². The van der Waals surface area contributed by atoms with E-state index >= 15 is 0 Å². The first kappa shape index (κ1) is 14.3. The van der Waals surface area contributed by atoms with Crippen LogP contribution in [0.15, 0.2) is 30.5 Å². The maximum atomic E-state index is 12.1. The average molecular weight is 272 g/mol. The smallest absolute Gasteiger partial charge is 0.240 e. The maximum Gasteiger partial charge on any atom is 0.240 e. The zero-order valence-corrected chi connectivity index (χ0v) is 12.1. The molecule has 20 heavy (non-hydrogen) atoms. The van der Waals surface area contributed by atoms with E-state index in [1.165, 1.54) is 0 Å². The molecule has 106 valence electrons. The lowest BCUT2D eigenvalue weighted by Gasteiger charge is -2.24. The first-order chi connectivity index (χ1) is 9.45. The summed E-state index contributed by atoms with van der Waals surface area (Å²) in [5, 5.41) is 3.99. The van der Waals surface area contributed by atoms with Crippen molar-refractivity contribution >= 4 is 23.1 Å². The third kappa shape index (κ3) is 3.07. The lowest BCUT2D eigenvalue weighted by atomic mass is 10.0. The molecule has 0 unspecified atom stereocenters. The molecule has 1 aromatic carbocycles. The highest BCUT2D eigenvalue weighted by molar-refractivity contribution is 5.88. The summed E-state index contributed by atoms with van der Waals surface area (Å²) in [7, 11) is 0. The highest BCUT2D eigenvalue weighted by atomic mass is 16.2. The molecule has 1 heterocycles. The second-order valence-electron chi connectivity index (χ2n) is 5.67. The first-order valence-electron chi connectivity index (χ1n) is 6.80. The Labute approximate surface area is 118 Å². The van der Waals surface area contributed by atoms with Crippen LogP contribution in [-0.2, 0) is 11.3 Å². The average Bonchev–Trinajstić information content (AvgIpc) is 2.80. The Morgan fingerprint density at radius 2 is 2.10 bits per heavy atom. The van der Waals surface area contributed by atoms with Crippen LogP contribution in [0.4, 0.5) is 0 Å². The van der Waals surface area contributed by atoms with Crippen molar-refractivity contribution in [2.45, 2.75) is 39.3 Å². The highest BCUT2D eigenvalue weighted by Crippen LogP contribution is 2.17. The van der Waals surface area contributed by atoms with Crippen LogP contribution in [0.2, 0.25) is 0 Å². The van der Waals surface area contributed by atoms with Gasteiger partial charge in [0.2, 0.25) is 5.91 Å². The van der Waals surface area contributed by atoms with Crippen LogP contribution in [0.25, 0.3) is 10.9 Å². The van der Waals surface area contributed by atoms with Crippen molar-refractivity contribution in [1.29, 1.82) is 0 Å².